The molecule has 376 valence electrons. The van der Waals surface area contributed by atoms with Crippen LogP contribution in [0.2, 0.25) is 0 Å². The van der Waals surface area contributed by atoms with Crippen LogP contribution in [0.4, 0.5) is 0 Å². The van der Waals surface area contributed by atoms with E-state index in [1.807, 2.05) is 11.3 Å². The van der Waals surface area contributed by atoms with E-state index in [-0.39, 0.29) is 10.8 Å². The van der Waals surface area contributed by atoms with Crippen LogP contribution in [-0.4, -0.2) is 66.1 Å². The van der Waals surface area contributed by atoms with Gasteiger partial charge >= 0.3 is 0 Å². The maximum absolute atomic E-state index is 6.17. The molecule has 0 saturated carbocycles. The van der Waals surface area contributed by atoms with Crippen molar-refractivity contribution in [2.24, 2.45) is 10.8 Å². The van der Waals surface area contributed by atoms with E-state index < -0.39 is 0 Å². The Balaban J connectivity index is 0.775. The zero-order chi connectivity index (χ0) is 49.5. The first-order valence-electron chi connectivity index (χ1n) is 27.0. The Morgan fingerprint density at radius 1 is 0.397 bits per heavy atom. The lowest BCUT2D eigenvalue weighted by Gasteiger charge is -2.40. The summed E-state index contributed by atoms with van der Waals surface area (Å²) < 4.78 is 37.8. The molecule has 0 spiro atoms. The highest BCUT2D eigenvalue weighted by Crippen LogP contribution is 2.47. The smallest absolute Gasteiger partial charge is 0.0717 e. The Hall–Kier alpha value is -5.48. The molecule has 9 aromatic rings. The van der Waals surface area contributed by atoms with E-state index in [1.165, 1.54) is 97.0 Å². The Morgan fingerprint density at radius 2 is 0.877 bits per heavy atom. The fourth-order valence-corrected chi connectivity index (χ4v) is 12.2. The maximum atomic E-state index is 6.17. The van der Waals surface area contributed by atoms with Crippen LogP contribution in [0.25, 0.3) is 85.9 Å². The average molecular weight is 991 g/mol. The molecular formula is C66H70O6S. The van der Waals surface area contributed by atoms with Crippen molar-refractivity contribution < 1.29 is 28.4 Å². The molecule has 6 nitrogen and oxygen atoms in total. The number of thiophene rings is 1. The number of rotatable bonds is 25. The van der Waals surface area contributed by atoms with Gasteiger partial charge in [0, 0.05) is 57.4 Å². The molecule has 2 fully saturated rings. The van der Waals surface area contributed by atoms with Gasteiger partial charge in [-0.15, -0.1) is 11.3 Å². The Labute approximate surface area is 435 Å². The molecule has 11 rings (SSSR count). The minimum Gasteiger partial charge on any atom is -0.381 e. The van der Waals surface area contributed by atoms with Crippen LogP contribution in [0, 0.1) is 10.8 Å². The Kier molecular flexibility index (Phi) is 15.6. The summed E-state index contributed by atoms with van der Waals surface area (Å²) in [6.45, 7) is 13.9. The highest BCUT2D eigenvalue weighted by Gasteiger charge is 2.37. The second-order valence-corrected chi connectivity index (χ2v) is 22.0. The van der Waals surface area contributed by atoms with E-state index >= 15 is 0 Å². The molecule has 8 aromatic carbocycles. The fourth-order valence-electron chi connectivity index (χ4n) is 11.0. The third kappa shape index (κ3) is 10.7. The molecule has 2 aliphatic rings. The van der Waals surface area contributed by atoms with Crippen molar-refractivity contribution >= 4 is 63.8 Å². The van der Waals surface area contributed by atoms with E-state index in [9.17, 15) is 0 Å². The predicted molar refractivity (Wildman–Crippen MR) is 304 cm³/mol. The van der Waals surface area contributed by atoms with Crippen molar-refractivity contribution in [3.05, 3.63) is 157 Å². The topological polar surface area (TPSA) is 55.4 Å². The number of ether oxygens (including phenoxy) is 6. The van der Waals surface area contributed by atoms with Gasteiger partial charge in [-0.2, -0.15) is 0 Å². The van der Waals surface area contributed by atoms with Crippen molar-refractivity contribution in [1.82, 2.24) is 0 Å². The fraction of sp³-hybridized carbons (Fsp3) is 0.364. The van der Waals surface area contributed by atoms with E-state index in [4.69, 9.17) is 28.4 Å². The SMILES string of the molecule is CCC1(COCCCCCOCc2ccc(-c3c4ccccc4c(-c4ccc(-c5ccc6c(c5)sc5ccc(COCCCCCOCC7(CC)COC7)cc56)c5ccccc45)c4ccccc34)cc2)COC1. The molecule has 73 heavy (non-hydrogen) atoms. The summed E-state index contributed by atoms with van der Waals surface area (Å²) in [5.41, 5.74) is 10.4. The van der Waals surface area contributed by atoms with Gasteiger partial charge in [-0.1, -0.05) is 141 Å². The molecule has 0 N–H and O–H groups in total. The van der Waals surface area contributed by atoms with Crippen LogP contribution in [0.3, 0.4) is 0 Å². The second kappa shape index (κ2) is 23.0. The summed E-state index contributed by atoms with van der Waals surface area (Å²) in [6.07, 6.45) is 8.72. The van der Waals surface area contributed by atoms with Gasteiger partial charge in [0.1, 0.15) is 0 Å². The van der Waals surface area contributed by atoms with E-state index in [0.717, 1.165) is 117 Å². The van der Waals surface area contributed by atoms with Crippen molar-refractivity contribution in [3.8, 4) is 33.4 Å². The second-order valence-electron chi connectivity index (χ2n) is 20.9. The third-order valence-corrected chi connectivity index (χ3v) is 17.0. The lowest BCUT2D eigenvalue weighted by molar-refractivity contribution is -0.150. The van der Waals surface area contributed by atoms with E-state index in [1.54, 1.807) is 0 Å². The number of fused-ring (bicyclic) bond motifs is 6. The molecule has 2 aliphatic heterocycles. The van der Waals surface area contributed by atoms with Crippen LogP contribution in [0.15, 0.2) is 146 Å². The molecular weight excluding hydrogens is 921 g/mol. The van der Waals surface area contributed by atoms with Crippen LogP contribution < -0.4 is 0 Å². The first-order chi connectivity index (χ1) is 36.0. The first-order valence-corrected chi connectivity index (χ1v) is 27.8. The molecule has 0 atom stereocenters. The quantitative estimate of drug-likeness (QED) is 0.0420. The zero-order valence-electron chi connectivity index (χ0n) is 42.9. The summed E-state index contributed by atoms with van der Waals surface area (Å²) in [5, 5.41) is 10.1. The summed E-state index contributed by atoms with van der Waals surface area (Å²) in [4.78, 5) is 0. The largest absolute Gasteiger partial charge is 0.381 e. The lowest BCUT2D eigenvalue weighted by Crippen LogP contribution is -2.45. The average Bonchev–Trinajstić information content (AvgIpc) is 3.78. The van der Waals surface area contributed by atoms with Crippen LogP contribution in [0.1, 0.15) is 76.3 Å². The molecule has 0 unspecified atom stereocenters. The van der Waals surface area contributed by atoms with Crippen LogP contribution >= 0.6 is 11.3 Å². The van der Waals surface area contributed by atoms with Crippen molar-refractivity contribution in [3.63, 3.8) is 0 Å². The van der Waals surface area contributed by atoms with Crippen LogP contribution in [-0.2, 0) is 41.6 Å². The molecule has 0 amide bonds. The van der Waals surface area contributed by atoms with E-state index in [2.05, 4.69) is 159 Å². The Morgan fingerprint density at radius 3 is 1.42 bits per heavy atom. The van der Waals surface area contributed by atoms with Crippen molar-refractivity contribution in [1.29, 1.82) is 0 Å². The normalized spacial score (nSPS) is 15.2. The number of hydrogen-bond acceptors (Lipinski definition) is 7. The molecule has 3 heterocycles. The van der Waals surface area contributed by atoms with Crippen molar-refractivity contribution in [2.45, 2.75) is 78.4 Å². The van der Waals surface area contributed by atoms with Gasteiger partial charge in [-0.05, 0) is 146 Å². The monoisotopic (exact) mass is 990 g/mol. The molecule has 7 heteroatoms. The van der Waals surface area contributed by atoms with Gasteiger partial charge in [-0.3, -0.25) is 0 Å². The highest BCUT2D eigenvalue weighted by atomic mass is 32.1. The van der Waals surface area contributed by atoms with Gasteiger partial charge < -0.3 is 28.4 Å². The van der Waals surface area contributed by atoms with Gasteiger partial charge in [0.05, 0.1) is 52.9 Å². The first kappa shape index (κ1) is 49.7. The van der Waals surface area contributed by atoms with Gasteiger partial charge in [0.2, 0.25) is 0 Å². The molecule has 0 aliphatic carbocycles. The standard InChI is InChI=1S/C66H70O6S/c1-3-65(43-71-44-65)41-69-35-15-5-13-33-67-39-47-23-26-49(27-24-47)63-55-19-9-11-21-57(55)64(58-22-12-10-20-56(58)63)59-31-30-51(52-17-7-8-18-53(52)59)50-28-29-54-60-37-48(25-32-61(60)73-62(54)38-50)40-68-34-14-6-16-36-70-42-66(4-2)45-72-46-66/h7-12,17-32,37-38H,3-6,13-16,33-36,39-46H2,1-2H3. The lowest BCUT2D eigenvalue weighted by atomic mass is 9.83. The number of benzene rings is 8. The predicted octanol–water partition coefficient (Wildman–Crippen LogP) is 16.8. The number of hydrogen-bond donors (Lipinski definition) is 0. The molecule has 1 aromatic heterocycles. The zero-order valence-corrected chi connectivity index (χ0v) is 43.7. The maximum Gasteiger partial charge on any atom is 0.0717 e. The Bertz CT molecular complexity index is 3240. The highest BCUT2D eigenvalue weighted by molar-refractivity contribution is 7.25. The molecule has 2 saturated heterocycles. The number of unbranched alkanes of at least 4 members (excludes halogenated alkanes) is 4. The van der Waals surface area contributed by atoms with Gasteiger partial charge in [-0.25, -0.2) is 0 Å². The van der Waals surface area contributed by atoms with E-state index in [0.29, 0.717) is 13.2 Å². The summed E-state index contributed by atoms with van der Waals surface area (Å²) in [6, 6.07) is 54.5. The van der Waals surface area contributed by atoms with Gasteiger partial charge in [0.25, 0.3) is 0 Å². The summed E-state index contributed by atoms with van der Waals surface area (Å²) in [5.74, 6) is 0. The van der Waals surface area contributed by atoms with Gasteiger partial charge in [0.15, 0.2) is 0 Å². The minimum absolute atomic E-state index is 0.259. The summed E-state index contributed by atoms with van der Waals surface area (Å²) >= 11 is 1.88. The van der Waals surface area contributed by atoms with Crippen molar-refractivity contribution in [2.75, 3.05) is 66.1 Å². The molecule has 0 bridgehead atoms. The van der Waals surface area contributed by atoms with Crippen LogP contribution in [0.5, 0.6) is 0 Å². The summed E-state index contributed by atoms with van der Waals surface area (Å²) in [7, 11) is 0. The minimum atomic E-state index is 0.259. The third-order valence-electron chi connectivity index (χ3n) is 15.9. The molecule has 0 radical (unpaired) electrons.